The SMILES string of the molecule is C(=C\c1cc2c3c(c1)CCCN3CCC2)/c1cc[n+](-c2ncccn2)cc1. The molecular weight excluding hydrogens is 332 g/mol. The van der Waals surface area contributed by atoms with Crippen molar-refractivity contribution >= 4 is 17.8 Å². The number of benzene rings is 1. The highest BCUT2D eigenvalue weighted by Gasteiger charge is 2.23. The summed E-state index contributed by atoms with van der Waals surface area (Å²) in [6, 6.07) is 10.8. The van der Waals surface area contributed by atoms with E-state index in [0.717, 1.165) is 0 Å². The average molecular weight is 355 g/mol. The minimum atomic E-state index is 0.686. The maximum atomic E-state index is 4.27. The van der Waals surface area contributed by atoms with Crippen molar-refractivity contribution in [1.82, 2.24) is 9.97 Å². The number of hydrogen-bond donors (Lipinski definition) is 0. The highest BCUT2D eigenvalue weighted by Crippen LogP contribution is 2.36. The Morgan fingerprint density at radius 2 is 1.48 bits per heavy atom. The fourth-order valence-electron chi connectivity index (χ4n) is 4.23. The van der Waals surface area contributed by atoms with Crippen molar-refractivity contribution < 1.29 is 4.57 Å². The second-order valence-electron chi connectivity index (χ2n) is 7.30. The molecule has 0 amide bonds. The molecule has 2 aliphatic heterocycles. The third kappa shape index (κ3) is 3.23. The molecular formula is C23H23N4+. The molecule has 0 spiro atoms. The number of rotatable bonds is 3. The van der Waals surface area contributed by atoms with Crippen molar-refractivity contribution in [3.05, 3.63) is 77.4 Å². The third-order valence-electron chi connectivity index (χ3n) is 5.46. The van der Waals surface area contributed by atoms with Crippen LogP contribution in [0.25, 0.3) is 18.1 Å². The lowest BCUT2D eigenvalue weighted by Gasteiger charge is -2.37. The largest absolute Gasteiger partial charge is 0.437 e. The topological polar surface area (TPSA) is 32.9 Å². The molecule has 4 heterocycles. The van der Waals surface area contributed by atoms with Crippen LogP contribution in [0.3, 0.4) is 0 Å². The number of anilines is 1. The highest BCUT2D eigenvalue weighted by molar-refractivity contribution is 5.74. The van der Waals surface area contributed by atoms with Crippen molar-refractivity contribution in [2.75, 3.05) is 18.0 Å². The minimum absolute atomic E-state index is 0.686. The second kappa shape index (κ2) is 6.95. The molecule has 4 nitrogen and oxygen atoms in total. The Morgan fingerprint density at radius 1 is 0.852 bits per heavy atom. The molecule has 1 aromatic carbocycles. The molecule has 5 rings (SSSR count). The van der Waals surface area contributed by atoms with Gasteiger partial charge in [0.1, 0.15) is 12.4 Å². The molecule has 0 atom stereocenters. The van der Waals surface area contributed by atoms with E-state index in [2.05, 4.69) is 51.3 Å². The molecule has 3 aromatic rings. The molecule has 0 aliphatic carbocycles. The Bertz CT molecular complexity index is 946. The first kappa shape index (κ1) is 16.2. The Kier molecular flexibility index (Phi) is 4.17. The van der Waals surface area contributed by atoms with Gasteiger partial charge in [0.15, 0.2) is 0 Å². The summed E-state index contributed by atoms with van der Waals surface area (Å²) in [4.78, 5) is 11.1. The smallest absolute Gasteiger partial charge is 0.371 e. The zero-order valence-corrected chi connectivity index (χ0v) is 15.4. The van der Waals surface area contributed by atoms with Crippen LogP contribution in [0, 0.1) is 0 Å². The van der Waals surface area contributed by atoms with Crippen LogP contribution < -0.4 is 9.47 Å². The number of pyridine rings is 1. The summed E-state index contributed by atoms with van der Waals surface area (Å²) in [7, 11) is 0. The maximum absolute atomic E-state index is 4.27. The van der Waals surface area contributed by atoms with Crippen LogP contribution in [-0.2, 0) is 12.8 Å². The molecule has 0 unspecified atom stereocenters. The van der Waals surface area contributed by atoms with Crippen LogP contribution in [0.5, 0.6) is 0 Å². The Hall–Kier alpha value is -3.01. The number of hydrogen-bond acceptors (Lipinski definition) is 3. The van der Waals surface area contributed by atoms with Gasteiger partial charge in [0.25, 0.3) is 0 Å². The van der Waals surface area contributed by atoms with Gasteiger partial charge in [0, 0.05) is 24.8 Å². The molecule has 2 aromatic heterocycles. The van der Waals surface area contributed by atoms with Crippen molar-refractivity contribution in [3.63, 3.8) is 0 Å². The Balaban J connectivity index is 1.40. The predicted molar refractivity (Wildman–Crippen MR) is 108 cm³/mol. The lowest BCUT2D eigenvalue weighted by molar-refractivity contribution is -0.603. The van der Waals surface area contributed by atoms with Crippen molar-refractivity contribution in [2.24, 2.45) is 0 Å². The van der Waals surface area contributed by atoms with Gasteiger partial charge < -0.3 is 4.90 Å². The molecule has 0 N–H and O–H groups in total. The van der Waals surface area contributed by atoms with Gasteiger partial charge in [0.2, 0.25) is 0 Å². The summed E-state index contributed by atoms with van der Waals surface area (Å²) in [5.41, 5.74) is 7.09. The van der Waals surface area contributed by atoms with Gasteiger partial charge in [-0.1, -0.05) is 22.1 Å². The molecule has 4 heteroatoms. The summed E-state index contributed by atoms with van der Waals surface area (Å²) in [6.45, 7) is 2.45. The molecule has 0 radical (unpaired) electrons. The molecule has 0 saturated carbocycles. The van der Waals surface area contributed by atoms with Crippen molar-refractivity contribution in [3.8, 4) is 5.95 Å². The van der Waals surface area contributed by atoms with E-state index in [1.54, 1.807) is 12.4 Å². The van der Waals surface area contributed by atoms with Crippen molar-refractivity contribution in [1.29, 1.82) is 0 Å². The van der Waals surface area contributed by atoms with Gasteiger partial charge in [-0.15, -0.1) is 0 Å². The maximum Gasteiger partial charge on any atom is 0.437 e. The number of nitrogens with zero attached hydrogens (tertiary/aromatic N) is 4. The zero-order chi connectivity index (χ0) is 18.1. The van der Waals surface area contributed by atoms with E-state index in [1.807, 2.05) is 23.0 Å². The lowest BCUT2D eigenvalue weighted by atomic mass is 9.90. The Morgan fingerprint density at radius 3 is 2.15 bits per heavy atom. The predicted octanol–water partition coefficient (Wildman–Crippen LogP) is 3.62. The first-order valence-electron chi connectivity index (χ1n) is 9.74. The molecule has 134 valence electrons. The molecule has 27 heavy (non-hydrogen) atoms. The fourth-order valence-corrected chi connectivity index (χ4v) is 4.23. The summed E-state index contributed by atoms with van der Waals surface area (Å²) in [5.74, 6) is 0.686. The second-order valence-corrected chi connectivity index (χ2v) is 7.30. The monoisotopic (exact) mass is 355 g/mol. The van der Waals surface area contributed by atoms with Crippen LogP contribution in [-0.4, -0.2) is 23.1 Å². The fraction of sp³-hybridized carbons (Fsp3) is 0.261. The van der Waals surface area contributed by atoms with Crippen LogP contribution in [0.2, 0.25) is 0 Å². The van der Waals surface area contributed by atoms with E-state index in [-0.39, 0.29) is 0 Å². The van der Waals surface area contributed by atoms with Crippen LogP contribution in [0.1, 0.15) is 35.1 Å². The van der Waals surface area contributed by atoms with E-state index in [4.69, 9.17) is 0 Å². The first-order valence-corrected chi connectivity index (χ1v) is 9.74. The van der Waals surface area contributed by atoms with Gasteiger partial charge in [0.05, 0.1) is 12.4 Å². The van der Waals surface area contributed by atoms with E-state index in [0.29, 0.717) is 5.95 Å². The lowest BCUT2D eigenvalue weighted by Crippen LogP contribution is -2.34. The number of aromatic nitrogens is 3. The van der Waals surface area contributed by atoms with E-state index in [1.165, 1.54) is 66.7 Å². The van der Waals surface area contributed by atoms with Gasteiger partial charge in [-0.3, -0.25) is 0 Å². The number of aryl methyl sites for hydroxylation is 2. The first-order chi connectivity index (χ1) is 13.4. The van der Waals surface area contributed by atoms with Gasteiger partial charge in [-0.05, 0) is 72.2 Å². The molecule has 0 fully saturated rings. The average Bonchev–Trinajstić information content (AvgIpc) is 2.74. The van der Waals surface area contributed by atoms with E-state index in [9.17, 15) is 0 Å². The minimum Gasteiger partial charge on any atom is -0.371 e. The summed E-state index contributed by atoms with van der Waals surface area (Å²) in [5, 5.41) is 0. The Labute approximate surface area is 159 Å². The highest BCUT2D eigenvalue weighted by atomic mass is 15.1. The van der Waals surface area contributed by atoms with Crippen molar-refractivity contribution in [2.45, 2.75) is 25.7 Å². The van der Waals surface area contributed by atoms with Gasteiger partial charge in [-0.25, -0.2) is 4.57 Å². The summed E-state index contributed by atoms with van der Waals surface area (Å²) in [6.07, 6.45) is 16.9. The normalized spacial score (nSPS) is 15.8. The molecule has 0 bridgehead atoms. The third-order valence-corrected chi connectivity index (χ3v) is 5.46. The standard InChI is InChI=1S/C23H23N4/c1-4-20-16-19(17-21-5-2-13-26(12-1)22(20)21)7-6-18-8-14-27(15-9-18)23-24-10-3-11-25-23/h3,6-11,14-17H,1-2,4-5,12-13H2/q+1. The summed E-state index contributed by atoms with van der Waals surface area (Å²) >= 11 is 0. The van der Waals surface area contributed by atoms with Gasteiger partial charge >= 0.3 is 5.95 Å². The van der Waals surface area contributed by atoms with Crippen LogP contribution in [0.15, 0.2) is 55.1 Å². The quantitative estimate of drug-likeness (QED) is 0.673. The summed E-state index contributed by atoms with van der Waals surface area (Å²) < 4.78 is 1.93. The molecule has 2 aliphatic rings. The zero-order valence-electron chi connectivity index (χ0n) is 15.4. The van der Waals surface area contributed by atoms with Crippen LogP contribution >= 0.6 is 0 Å². The molecule has 0 saturated heterocycles. The van der Waals surface area contributed by atoms with Crippen LogP contribution in [0.4, 0.5) is 5.69 Å². The van der Waals surface area contributed by atoms with E-state index >= 15 is 0 Å². The van der Waals surface area contributed by atoms with E-state index < -0.39 is 0 Å². The van der Waals surface area contributed by atoms with Gasteiger partial charge in [-0.2, -0.15) is 0 Å².